The Bertz CT molecular complexity index is 1350. The van der Waals surface area contributed by atoms with Crippen molar-refractivity contribution in [2.24, 2.45) is 10.2 Å². The summed E-state index contributed by atoms with van der Waals surface area (Å²) in [5, 5.41) is 24.7. The van der Waals surface area contributed by atoms with E-state index in [1.165, 1.54) is 0 Å². The maximum absolute atomic E-state index is 13.1. The number of carbonyl (C=O) groups is 1. The van der Waals surface area contributed by atoms with Gasteiger partial charge in [-0.15, -0.1) is 5.11 Å². The first-order valence-corrected chi connectivity index (χ1v) is 10.7. The molecule has 5 nitrogen and oxygen atoms in total. The molecule has 0 atom stereocenters. The molecule has 1 amide bonds. The number of para-hydroxylation sites is 1. The van der Waals surface area contributed by atoms with Crippen molar-refractivity contribution < 1.29 is 9.90 Å². The Morgan fingerprint density at radius 1 is 1.00 bits per heavy atom. The summed E-state index contributed by atoms with van der Waals surface area (Å²) < 4.78 is 0. The minimum absolute atomic E-state index is 0.136. The van der Waals surface area contributed by atoms with Gasteiger partial charge in [0.25, 0.3) is 5.91 Å². The summed E-state index contributed by atoms with van der Waals surface area (Å²) in [6.07, 6.45) is 0.778. The minimum atomic E-state index is -0.409. The van der Waals surface area contributed by atoms with E-state index in [9.17, 15) is 9.90 Å². The van der Waals surface area contributed by atoms with Crippen molar-refractivity contribution in [3.05, 3.63) is 94.5 Å². The Morgan fingerprint density at radius 3 is 2.53 bits per heavy atom. The third kappa shape index (κ3) is 4.34. The number of fused-ring (bicyclic) bond motifs is 1. The molecule has 2 N–H and O–H groups in total. The summed E-state index contributed by atoms with van der Waals surface area (Å²) in [4.78, 5) is 13.1. The van der Waals surface area contributed by atoms with Gasteiger partial charge in [0.1, 0.15) is 5.69 Å². The van der Waals surface area contributed by atoms with Gasteiger partial charge in [0.05, 0.1) is 11.3 Å². The van der Waals surface area contributed by atoms with E-state index in [0.29, 0.717) is 21.8 Å². The summed E-state index contributed by atoms with van der Waals surface area (Å²) in [5.74, 6) is -0.626. The number of anilines is 1. The van der Waals surface area contributed by atoms with Crippen LogP contribution in [0.4, 0.5) is 17.1 Å². The number of nitrogens with zero attached hydrogens (tertiary/aromatic N) is 2. The smallest absolute Gasteiger partial charge is 0.259 e. The fourth-order valence-electron chi connectivity index (χ4n) is 3.57. The number of nitrogens with one attached hydrogen (secondary N) is 1. The molecule has 0 heterocycles. The van der Waals surface area contributed by atoms with Crippen LogP contribution in [0.3, 0.4) is 0 Å². The highest BCUT2D eigenvalue weighted by Crippen LogP contribution is 2.40. The van der Waals surface area contributed by atoms with Crippen LogP contribution in [0.25, 0.3) is 10.8 Å². The van der Waals surface area contributed by atoms with Gasteiger partial charge >= 0.3 is 0 Å². The Hall–Kier alpha value is -3.70. The van der Waals surface area contributed by atoms with Crippen LogP contribution in [0, 0.1) is 6.92 Å². The zero-order valence-electron chi connectivity index (χ0n) is 17.8. The highest BCUT2D eigenvalue weighted by molar-refractivity contribution is 6.30. The predicted octanol–water partition coefficient (Wildman–Crippen LogP) is 7.74. The molecule has 0 saturated heterocycles. The van der Waals surface area contributed by atoms with Crippen LogP contribution < -0.4 is 5.32 Å². The van der Waals surface area contributed by atoms with Gasteiger partial charge in [-0.1, -0.05) is 61.0 Å². The van der Waals surface area contributed by atoms with Crippen LogP contribution in [-0.2, 0) is 6.42 Å². The minimum Gasteiger partial charge on any atom is -0.505 e. The lowest BCUT2D eigenvalue weighted by molar-refractivity contribution is 0.102. The standard InChI is InChI=1S/C26H22ClN3O2/c1-3-17-8-5-7-11-23(17)28-26(32)21-15-18-9-4-6-10-20(18)24(25(21)31)30-29-22-13-12-19(27)14-16(22)2/h4-15,31H,3H2,1-2H3,(H,28,32). The molecule has 6 heteroatoms. The van der Waals surface area contributed by atoms with Gasteiger partial charge in [-0.25, -0.2) is 0 Å². The van der Waals surface area contributed by atoms with Crippen molar-refractivity contribution in [1.82, 2.24) is 0 Å². The molecule has 0 fully saturated rings. The number of phenols is 1. The van der Waals surface area contributed by atoms with Gasteiger partial charge in [0.2, 0.25) is 0 Å². The van der Waals surface area contributed by atoms with Crippen LogP contribution in [0.2, 0.25) is 5.02 Å². The van der Waals surface area contributed by atoms with E-state index in [1.807, 2.05) is 62.4 Å². The van der Waals surface area contributed by atoms with E-state index in [1.54, 1.807) is 24.3 Å². The van der Waals surface area contributed by atoms with Crippen LogP contribution in [-0.4, -0.2) is 11.0 Å². The number of azo groups is 1. The lowest BCUT2D eigenvalue weighted by Gasteiger charge is -2.13. The van der Waals surface area contributed by atoms with E-state index in [2.05, 4.69) is 15.5 Å². The first kappa shape index (κ1) is 21.5. The summed E-state index contributed by atoms with van der Waals surface area (Å²) in [6, 6.07) is 22.0. The van der Waals surface area contributed by atoms with E-state index in [4.69, 9.17) is 11.6 Å². The summed E-state index contributed by atoms with van der Waals surface area (Å²) >= 11 is 6.02. The maximum atomic E-state index is 13.1. The second-order valence-electron chi connectivity index (χ2n) is 7.44. The SMILES string of the molecule is CCc1ccccc1NC(=O)c1cc2ccccc2c(N=Nc2ccc(Cl)cc2C)c1O. The third-order valence-corrected chi connectivity index (χ3v) is 5.54. The molecule has 0 unspecified atom stereocenters. The summed E-state index contributed by atoms with van der Waals surface area (Å²) in [7, 11) is 0. The molecule has 4 rings (SSSR count). The normalized spacial score (nSPS) is 11.2. The number of carbonyl (C=O) groups excluding carboxylic acids is 1. The Balaban J connectivity index is 1.79. The topological polar surface area (TPSA) is 74.0 Å². The monoisotopic (exact) mass is 443 g/mol. The molecule has 32 heavy (non-hydrogen) atoms. The van der Waals surface area contributed by atoms with Crippen LogP contribution in [0.15, 0.2) is 83.0 Å². The second kappa shape index (κ2) is 9.20. The molecule has 0 radical (unpaired) electrons. The number of aryl methyl sites for hydroxylation is 2. The van der Waals surface area contributed by atoms with Crippen molar-refractivity contribution in [2.75, 3.05) is 5.32 Å². The summed E-state index contributed by atoms with van der Waals surface area (Å²) in [6.45, 7) is 3.91. The van der Waals surface area contributed by atoms with Crippen LogP contribution >= 0.6 is 11.6 Å². The van der Waals surface area contributed by atoms with Crippen molar-refractivity contribution in [3.8, 4) is 5.75 Å². The molecule has 0 spiro atoms. The average Bonchev–Trinajstić information content (AvgIpc) is 2.79. The zero-order chi connectivity index (χ0) is 22.7. The Morgan fingerprint density at radius 2 is 1.75 bits per heavy atom. The molecular formula is C26H22ClN3O2. The Labute approximate surface area is 191 Å². The number of rotatable bonds is 5. The lowest BCUT2D eigenvalue weighted by atomic mass is 10.0. The molecule has 4 aromatic carbocycles. The highest BCUT2D eigenvalue weighted by atomic mass is 35.5. The molecule has 4 aromatic rings. The van der Waals surface area contributed by atoms with Crippen molar-refractivity contribution in [1.29, 1.82) is 0 Å². The van der Waals surface area contributed by atoms with Crippen molar-refractivity contribution in [3.63, 3.8) is 0 Å². The molecule has 0 aliphatic heterocycles. The molecule has 0 bridgehead atoms. The first-order chi connectivity index (χ1) is 15.5. The van der Waals surface area contributed by atoms with E-state index >= 15 is 0 Å². The quantitative estimate of drug-likeness (QED) is 0.309. The van der Waals surface area contributed by atoms with E-state index in [-0.39, 0.29) is 17.0 Å². The average molecular weight is 444 g/mol. The van der Waals surface area contributed by atoms with Gasteiger partial charge in [0, 0.05) is 16.1 Å². The van der Waals surface area contributed by atoms with Gasteiger partial charge in [0.15, 0.2) is 5.75 Å². The van der Waals surface area contributed by atoms with Gasteiger partial charge < -0.3 is 10.4 Å². The zero-order valence-corrected chi connectivity index (χ0v) is 18.5. The molecule has 0 saturated carbocycles. The first-order valence-electron chi connectivity index (χ1n) is 10.3. The number of halogens is 1. The predicted molar refractivity (Wildman–Crippen MR) is 130 cm³/mol. The van der Waals surface area contributed by atoms with Gasteiger partial charge in [-0.2, -0.15) is 5.11 Å². The third-order valence-electron chi connectivity index (χ3n) is 5.30. The number of hydrogen-bond acceptors (Lipinski definition) is 4. The molecular weight excluding hydrogens is 422 g/mol. The van der Waals surface area contributed by atoms with E-state index < -0.39 is 5.91 Å². The summed E-state index contributed by atoms with van der Waals surface area (Å²) in [5.41, 5.74) is 3.59. The largest absolute Gasteiger partial charge is 0.505 e. The number of aromatic hydroxyl groups is 1. The fourth-order valence-corrected chi connectivity index (χ4v) is 3.79. The molecule has 0 aromatic heterocycles. The number of phenolic OH excluding ortho intramolecular Hbond substituents is 1. The van der Waals surface area contributed by atoms with Crippen LogP contribution in [0.1, 0.15) is 28.4 Å². The highest BCUT2D eigenvalue weighted by Gasteiger charge is 2.19. The van der Waals surface area contributed by atoms with Crippen molar-refractivity contribution in [2.45, 2.75) is 20.3 Å². The van der Waals surface area contributed by atoms with Gasteiger partial charge in [-0.3, -0.25) is 4.79 Å². The van der Waals surface area contributed by atoms with Crippen LogP contribution in [0.5, 0.6) is 5.75 Å². The van der Waals surface area contributed by atoms with Crippen molar-refractivity contribution >= 4 is 45.3 Å². The second-order valence-corrected chi connectivity index (χ2v) is 7.87. The molecule has 160 valence electrons. The lowest BCUT2D eigenvalue weighted by Crippen LogP contribution is -2.13. The van der Waals surface area contributed by atoms with E-state index in [0.717, 1.165) is 22.9 Å². The number of hydrogen-bond donors (Lipinski definition) is 2. The fraction of sp³-hybridized carbons (Fsp3) is 0.115. The number of benzene rings is 4. The Kier molecular flexibility index (Phi) is 6.19. The van der Waals surface area contributed by atoms with Gasteiger partial charge in [-0.05, 0) is 60.2 Å². The molecule has 0 aliphatic rings. The number of amides is 1. The molecule has 0 aliphatic carbocycles. The maximum Gasteiger partial charge on any atom is 0.259 e.